The van der Waals surface area contributed by atoms with Crippen molar-refractivity contribution in [1.82, 2.24) is 10.2 Å². The predicted octanol–water partition coefficient (Wildman–Crippen LogP) is 1.44. The van der Waals surface area contributed by atoms with E-state index in [1.54, 1.807) is 0 Å². The fourth-order valence-electron chi connectivity index (χ4n) is 1.84. The van der Waals surface area contributed by atoms with E-state index >= 15 is 0 Å². The monoisotopic (exact) mass is 224 g/mol. The molecule has 0 aliphatic carbocycles. The van der Waals surface area contributed by atoms with Crippen LogP contribution in [0.3, 0.4) is 0 Å². The fraction of sp³-hybridized carbons (Fsp3) is 0.364. The van der Waals surface area contributed by atoms with Gasteiger partial charge in [0, 0.05) is 24.7 Å². The fourth-order valence-corrected chi connectivity index (χ4v) is 1.97. The summed E-state index contributed by atoms with van der Waals surface area (Å²) in [6.07, 6.45) is 0.917. The molecular formula is C11H13ClN2O. The first-order valence-electron chi connectivity index (χ1n) is 4.98. The number of halogens is 1. The number of carbonyl (C=O) groups excluding carboxylic acids is 1. The summed E-state index contributed by atoms with van der Waals surface area (Å²) >= 11 is 5.82. The Kier molecular flexibility index (Phi) is 3.23. The molecular weight excluding hydrogens is 212 g/mol. The minimum Gasteiger partial charge on any atom is -0.336 e. The summed E-state index contributed by atoms with van der Waals surface area (Å²) in [6, 6.07) is 7.78. The zero-order valence-corrected chi connectivity index (χ0v) is 9.07. The minimum atomic E-state index is 0.133. The molecule has 0 radical (unpaired) electrons. The second-order valence-electron chi connectivity index (χ2n) is 3.61. The van der Waals surface area contributed by atoms with Gasteiger partial charge in [0.1, 0.15) is 0 Å². The molecule has 1 aliphatic rings. The molecule has 80 valence electrons. The van der Waals surface area contributed by atoms with Gasteiger partial charge in [0.05, 0.1) is 6.04 Å². The molecule has 1 heterocycles. The minimum absolute atomic E-state index is 0.133. The maximum absolute atomic E-state index is 10.9. The molecule has 3 nitrogen and oxygen atoms in total. The topological polar surface area (TPSA) is 32.3 Å². The highest BCUT2D eigenvalue weighted by molar-refractivity contribution is 6.30. The van der Waals surface area contributed by atoms with E-state index in [1.807, 2.05) is 29.2 Å². The standard InChI is InChI=1S/C11H13ClN2O/c12-10-3-1-9(2-4-10)11-7-13-5-6-14(11)8-15/h1-4,8,11,13H,5-7H2/t11-/m1/s1. The molecule has 0 unspecified atom stereocenters. The van der Waals surface area contributed by atoms with Gasteiger partial charge in [-0.15, -0.1) is 0 Å². The Bertz CT molecular complexity index is 339. The molecule has 4 heteroatoms. The first-order chi connectivity index (χ1) is 7.31. The Morgan fingerprint density at radius 3 is 2.80 bits per heavy atom. The van der Waals surface area contributed by atoms with Crippen molar-refractivity contribution in [3.8, 4) is 0 Å². The first-order valence-corrected chi connectivity index (χ1v) is 5.36. The van der Waals surface area contributed by atoms with Crippen LogP contribution in [0.4, 0.5) is 0 Å². The molecule has 1 fully saturated rings. The van der Waals surface area contributed by atoms with Crippen molar-refractivity contribution in [2.75, 3.05) is 19.6 Å². The van der Waals surface area contributed by atoms with E-state index in [0.29, 0.717) is 0 Å². The number of carbonyl (C=O) groups is 1. The lowest BCUT2D eigenvalue weighted by Crippen LogP contribution is -2.45. The van der Waals surface area contributed by atoms with Gasteiger partial charge in [-0.2, -0.15) is 0 Å². The summed E-state index contributed by atoms with van der Waals surface area (Å²) in [5.74, 6) is 0. The van der Waals surface area contributed by atoms with Crippen molar-refractivity contribution in [1.29, 1.82) is 0 Å². The molecule has 1 N–H and O–H groups in total. The van der Waals surface area contributed by atoms with Gasteiger partial charge in [-0.1, -0.05) is 23.7 Å². The van der Waals surface area contributed by atoms with E-state index < -0.39 is 0 Å². The van der Waals surface area contributed by atoms with Crippen molar-refractivity contribution in [2.24, 2.45) is 0 Å². The van der Waals surface area contributed by atoms with Crippen LogP contribution in [0.5, 0.6) is 0 Å². The average Bonchev–Trinajstić information content (AvgIpc) is 2.30. The largest absolute Gasteiger partial charge is 0.336 e. The Labute approximate surface area is 94.0 Å². The van der Waals surface area contributed by atoms with Crippen molar-refractivity contribution >= 4 is 18.0 Å². The summed E-state index contributed by atoms with van der Waals surface area (Å²) < 4.78 is 0. The van der Waals surface area contributed by atoms with E-state index in [2.05, 4.69) is 5.32 Å². The van der Waals surface area contributed by atoms with E-state index in [-0.39, 0.29) is 6.04 Å². The summed E-state index contributed by atoms with van der Waals surface area (Å²) in [6.45, 7) is 2.43. The Balaban J connectivity index is 2.20. The summed E-state index contributed by atoms with van der Waals surface area (Å²) in [5.41, 5.74) is 1.12. The molecule has 1 saturated heterocycles. The molecule has 1 aromatic carbocycles. The third kappa shape index (κ3) is 2.30. The molecule has 1 aromatic rings. The lowest BCUT2D eigenvalue weighted by molar-refractivity contribution is -0.121. The van der Waals surface area contributed by atoms with Gasteiger partial charge in [-0.25, -0.2) is 0 Å². The summed E-state index contributed by atoms with van der Waals surface area (Å²) in [7, 11) is 0. The SMILES string of the molecule is O=CN1CCNC[C@@H]1c1ccc(Cl)cc1. The Hall–Kier alpha value is -1.06. The zero-order valence-electron chi connectivity index (χ0n) is 8.32. The molecule has 0 spiro atoms. The van der Waals surface area contributed by atoms with Crippen molar-refractivity contribution in [3.05, 3.63) is 34.9 Å². The van der Waals surface area contributed by atoms with E-state index in [1.165, 1.54) is 0 Å². The highest BCUT2D eigenvalue weighted by Crippen LogP contribution is 2.22. The first kappa shape index (κ1) is 10.5. The van der Waals surface area contributed by atoms with Crippen LogP contribution < -0.4 is 5.32 Å². The number of nitrogens with one attached hydrogen (secondary N) is 1. The van der Waals surface area contributed by atoms with Crippen LogP contribution in [0.1, 0.15) is 11.6 Å². The highest BCUT2D eigenvalue weighted by Gasteiger charge is 2.21. The lowest BCUT2D eigenvalue weighted by atomic mass is 10.0. The molecule has 0 bridgehead atoms. The van der Waals surface area contributed by atoms with Crippen LogP contribution in [0, 0.1) is 0 Å². The number of rotatable bonds is 2. The van der Waals surface area contributed by atoms with Crippen molar-refractivity contribution in [3.63, 3.8) is 0 Å². The van der Waals surface area contributed by atoms with E-state index in [9.17, 15) is 4.79 Å². The molecule has 0 saturated carbocycles. The average molecular weight is 225 g/mol. The van der Waals surface area contributed by atoms with Crippen LogP contribution in [-0.2, 0) is 4.79 Å². The van der Waals surface area contributed by atoms with Gasteiger partial charge in [0.25, 0.3) is 0 Å². The molecule has 15 heavy (non-hydrogen) atoms. The van der Waals surface area contributed by atoms with Crippen LogP contribution in [0.2, 0.25) is 5.02 Å². The molecule has 1 atom stereocenters. The second-order valence-corrected chi connectivity index (χ2v) is 4.05. The number of benzene rings is 1. The Morgan fingerprint density at radius 2 is 2.13 bits per heavy atom. The normalized spacial score (nSPS) is 21.4. The smallest absolute Gasteiger partial charge is 0.210 e. The third-order valence-electron chi connectivity index (χ3n) is 2.67. The summed E-state index contributed by atoms with van der Waals surface area (Å²) in [4.78, 5) is 12.7. The van der Waals surface area contributed by atoms with Crippen LogP contribution in [0.15, 0.2) is 24.3 Å². The summed E-state index contributed by atoms with van der Waals surface area (Å²) in [5, 5.41) is 4.00. The lowest BCUT2D eigenvalue weighted by Gasteiger charge is -2.33. The van der Waals surface area contributed by atoms with Crippen LogP contribution in [0.25, 0.3) is 0 Å². The van der Waals surface area contributed by atoms with Gasteiger partial charge in [0.2, 0.25) is 6.41 Å². The van der Waals surface area contributed by atoms with Crippen molar-refractivity contribution in [2.45, 2.75) is 6.04 Å². The molecule has 1 aliphatic heterocycles. The number of hydrogen-bond acceptors (Lipinski definition) is 2. The number of hydrogen-bond donors (Lipinski definition) is 1. The number of amides is 1. The second kappa shape index (κ2) is 4.64. The van der Waals surface area contributed by atoms with Gasteiger partial charge in [-0.3, -0.25) is 4.79 Å². The highest BCUT2D eigenvalue weighted by atomic mass is 35.5. The zero-order chi connectivity index (χ0) is 10.7. The Morgan fingerprint density at radius 1 is 1.40 bits per heavy atom. The van der Waals surface area contributed by atoms with Gasteiger partial charge < -0.3 is 10.2 Å². The quantitative estimate of drug-likeness (QED) is 0.772. The van der Waals surface area contributed by atoms with Gasteiger partial charge in [-0.05, 0) is 17.7 Å². The number of piperazine rings is 1. The van der Waals surface area contributed by atoms with Crippen molar-refractivity contribution < 1.29 is 4.79 Å². The van der Waals surface area contributed by atoms with Gasteiger partial charge in [0.15, 0.2) is 0 Å². The number of nitrogens with zero attached hydrogens (tertiary/aromatic N) is 1. The predicted molar refractivity (Wildman–Crippen MR) is 59.8 cm³/mol. The van der Waals surface area contributed by atoms with Crippen LogP contribution >= 0.6 is 11.6 Å². The van der Waals surface area contributed by atoms with Crippen LogP contribution in [-0.4, -0.2) is 30.9 Å². The molecule has 1 amide bonds. The maximum Gasteiger partial charge on any atom is 0.210 e. The van der Waals surface area contributed by atoms with E-state index in [4.69, 9.17) is 11.6 Å². The van der Waals surface area contributed by atoms with Gasteiger partial charge >= 0.3 is 0 Å². The van der Waals surface area contributed by atoms with E-state index in [0.717, 1.165) is 36.6 Å². The molecule has 2 rings (SSSR count). The third-order valence-corrected chi connectivity index (χ3v) is 2.93. The molecule has 0 aromatic heterocycles. The maximum atomic E-state index is 10.9.